The molecule has 0 fully saturated rings. The number of ether oxygens (including phenoxy) is 1. The van der Waals surface area contributed by atoms with Gasteiger partial charge in [-0.25, -0.2) is 4.98 Å². The fourth-order valence-corrected chi connectivity index (χ4v) is 4.07. The van der Waals surface area contributed by atoms with Crippen LogP contribution in [0.2, 0.25) is 0 Å². The van der Waals surface area contributed by atoms with Gasteiger partial charge in [-0.3, -0.25) is 0 Å². The second-order valence-electron chi connectivity index (χ2n) is 7.13. The number of hydrogen-bond donors (Lipinski definition) is 0. The minimum Gasteiger partial charge on any atom is -0.494 e. The lowest BCUT2D eigenvalue weighted by Crippen LogP contribution is -2.19. The van der Waals surface area contributed by atoms with Gasteiger partial charge in [0, 0.05) is 17.5 Å². The summed E-state index contributed by atoms with van der Waals surface area (Å²) >= 11 is 1.73. The number of rotatable bonds is 10. The van der Waals surface area contributed by atoms with Crippen LogP contribution in [0.3, 0.4) is 0 Å². The monoisotopic (exact) mass is 394 g/mol. The molecule has 28 heavy (non-hydrogen) atoms. The quantitative estimate of drug-likeness (QED) is 0.367. The third-order valence-corrected chi connectivity index (χ3v) is 5.66. The largest absolute Gasteiger partial charge is 0.494 e. The maximum absolute atomic E-state index is 5.64. The molecule has 0 bridgehead atoms. The Bertz CT molecular complexity index is 874. The van der Waals surface area contributed by atoms with Crippen LogP contribution in [0.25, 0.3) is 21.7 Å². The summed E-state index contributed by atoms with van der Waals surface area (Å²) in [5, 5.41) is 3.27. The highest BCUT2D eigenvalue weighted by molar-refractivity contribution is 7.13. The third-order valence-electron chi connectivity index (χ3n) is 4.71. The second kappa shape index (κ2) is 10.4. The molecule has 0 spiro atoms. The van der Waals surface area contributed by atoms with Crippen molar-refractivity contribution < 1.29 is 4.74 Å². The van der Waals surface area contributed by atoms with Gasteiger partial charge in [0.05, 0.1) is 12.3 Å². The van der Waals surface area contributed by atoms with E-state index in [0.717, 1.165) is 29.5 Å². The van der Waals surface area contributed by atoms with E-state index >= 15 is 0 Å². The predicted molar refractivity (Wildman–Crippen MR) is 120 cm³/mol. The summed E-state index contributed by atoms with van der Waals surface area (Å²) in [5.74, 6) is 0.910. The van der Waals surface area contributed by atoms with Crippen LogP contribution in [0, 0.1) is 0 Å². The number of thiazole rings is 1. The van der Waals surface area contributed by atoms with E-state index in [9.17, 15) is 0 Å². The van der Waals surface area contributed by atoms with E-state index in [4.69, 9.17) is 9.72 Å². The molecule has 0 aliphatic carbocycles. The first-order valence-corrected chi connectivity index (χ1v) is 11.0. The second-order valence-corrected chi connectivity index (χ2v) is 7.99. The number of benzene rings is 2. The summed E-state index contributed by atoms with van der Waals surface area (Å²) in [7, 11) is 2.18. The van der Waals surface area contributed by atoms with Crippen molar-refractivity contribution in [2.45, 2.75) is 39.7 Å². The smallest absolute Gasteiger partial charge is 0.123 e. The van der Waals surface area contributed by atoms with E-state index in [1.165, 1.54) is 36.0 Å². The normalized spacial score (nSPS) is 11.1. The van der Waals surface area contributed by atoms with Crippen molar-refractivity contribution in [2.24, 2.45) is 0 Å². The van der Waals surface area contributed by atoms with Gasteiger partial charge in [-0.05, 0) is 56.3 Å². The Morgan fingerprint density at radius 1 is 0.964 bits per heavy atom. The van der Waals surface area contributed by atoms with Gasteiger partial charge in [0.15, 0.2) is 0 Å². The van der Waals surface area contributed by atoms with Gasteiger partial charge in [-0.1, -0.05) is 50.1 Å². The molecule has 0 unspecified atom stereocenters. The van der Waals surface area contributed by atoms with Gasteiger partial charge in [0.1, 0.15) is 10.8 Å². The molecule has 2 aromatic carbocycles. The Morgan fingerprint density at radius 2 is 1.71 bits per heavy atom. The highest BCUT2D eigenvalue weighted by Crippen LogP contribution is 2.30. The number of nitrogens with zero attached hydrogens (tertiary/aromatic N) is 2. The van der Waals surface area contributed by atoms with Crippen molar-refractivity contribution in [3.63, 3.8) is 0 Å². The molecular weight excluding hydrogens is 364 g/mol. The van der Waals surface area contributed by atoms with E-state index in [1.54, 1.807) is 11.3 Å². The molecule has 0 aliphatic rings. The van der Waals surface area contributed by atoms with Crippen molar-refractivity contribution in [3.05, 3.63) is 59.6 Å². The molecule has 3 rings (SSSR count). The Morgan fingerprint density at radius 3 is 2.50 bits per heavy atom. The fourth-order valence-electron chi connectivity index (χ4n) is 3.26. The third kappa shape index (κ3) is 5.66. The Balaban J connectivity index is 1.72. The highest BCUT2D eigenvalue weighted by Gasteiger charge is 2.09. The molecule has 148 valence electrons. The summed E-state index contributed by atoms with van der Waals surface area (Å²) in [5.41, 5.74) is 4.68. The minimum absolute atomic E-state index is 0.679. The van der Waals surface area contributed by atoms with Gasteiger partial charge in [-0.2, -0.15) is 0 Å². The molecule has 4 heteroatoms. The van der Waals surface area contributed by atoms with Crippen LogP contribution >= 0.6 is 11.3 Å². The molecule has 0 saturated carbocycles. The zero-order valence-electron chi connectivity index (χ0n) is 17.1. The van der Waals surface area contributed by atoms with Gasteiger partial charge in [0.2, 0.25) is 0 Å². The molecular formula is C24H30N2OS. The summed E-state index contributed by atoms with van der Waals surface area (Å²) < 4.78 is 5.64. The van der Waals surface area contributed by atoms with Crippen LogP contribution in [0.1, 0.15) is 38.8 Å². The molecule has 0 saturated heterocycles. The first-order valence-electron chi connectivity index (χ1n) is 10.2. The number of hydrogen-bond acceptors (Lipinski definition) is 4. The minimum atomic E-state index is 0.679. The van der Waals surface area contributed by atoms with E-state index in [1.807, 2.05) is 19.1 Å². The van der Waals surface area contributed by atoms with Crippen LogP contribution in [-0.2, 0) is 6.54 Å². The Kier molecular flexibility index (Phi) is 7.63. The number of unbranched alkanes of at least 4 members (excludes halogenated alkanes) is 2. The Hall–Kier alpha value is -2.17. The topological polar surface area (TPSA) is 25.4 Å². The summed E-state index contributed by atoms with van der Waals surface area (Å²) in [6, 6.07) is 16.9. The Labute approximate surface area is 173 Å². The molecule has 3 nitrogen and oxygen atoms in total. The predicted octanol–water partition coefficient (Wildman–Crippen LogP) is 6.50. The van der Waals surface area contributed by atoms with Gasteiger partial charge in [-0.15, -0.1) is 11.3 Å². The van der Waals surface area contributed by atoms with Crippen molar-refractivity contribution in [1.29, 1.82) is 0 Å². The van der Waals surface area contributed by atoms with E-state index < -0.39 is 0 Å². The van der Waals surface area contributed by atoms with Crippen molar-refractivity contribution in [2.75, 3.05) is 20.2 Å². The molecule has 1 aromatic heterocycles. The SMILES string of the molecule is CCCCCN(C)Cc1csc(-c2cccc(-c3cccc(OCC)c3)c2)n1. The van der Waals surface area contributed by atoms with Crippen LogP contribution in [0.5, 0.6) is 5.75 Å². The lowest BCUT2D eigenvalue weighted by Gasteiger charge is -2.14. The van der Waals surface area contributed by atoms with Crippen LogP contribution < -0.4 is 4.74 Å². The lowest BCUT2D eigenvalue weighted by molar-refractivity contribution is 0.315. The zero-order chi connectivity index (χ0) is 19.8. The van der Waals surface area contributed by atoms with Crippen molar-refractivity contribution in [3.8, 4) is 27.4 Å². The first-order chi connectivity index (χ1) is 13.7. The van der Waals surface area contributed by atoms with Gasteiger partial charge < -0.3 is 9.64 Å². The number of aromatic nitrogens is 1. The summed E-state index contributed by atoms with van der Waals surface area (Å²) in [6.07, 6.45) is 3.81. The summed E-state index contributed by atoms with van der Waals surface area (Å²) in [6.45, 7) is 6.98. The highest BCUT2D eigenvalue weighted by atomic mass is 32.1. The van der Waals surface area contributed by atoms with Crippen molar-refractivity contribution >= 4 is 11.3 Å². The van der Waals surface area contributed by atoms with Crippen LogP contribution in [0.4, 0.5) is 0 Å². The molecule has 0 aliphatic heterocycles. The molecule has 1 heterocycles. The van der Waals surface area contributed by atoms with Gasteiger partial charge in [0.25, 0.3) is 0 Å². The van der Waals surface area contributed by atoms with Crippen LogP contribution in [0.15, 0.2) is 53.9 Å². The lowest BCUT2D eigenvalue weighted by atomic mass is 10.0. The molecule has 3 aromatic rings. The van der Waals surface area contributed by atoms with Crippen molar-refractivity contribution in [1.82, 2.24) is 9.88 Å². The average Bonchev–Trinajstić information content (AvgIpc) is 3.17. The molecule has 0 radical (unpaired) electrons. The molecule has 0 atom stereocenters. The van der Waals surface area contributed by atoms with Gasteiger partial charge >= 0.3 is 0 Å². The molecule has 0 amide bonds. The molecule has 0 N–H and O–H groups in total. The average molecular weight is 395 g/mol. The standard InChI is InChI=1S/C24H30N2OS/c1-4-6-7-14-26(3)17-22-18-28-24(25-22)21-12-8-10-19(15-21)20-11-9-13-23(16-20)27-5-2/h8-13,15-16,18H,4-7,14,17H2,1-3H3. The summed E-state index contributed by atoms with van der Waals surface area (Å²) in [4.78, 5) is 7.25. The van der Waals surface area contributed by atoms with Crippen LogP contribution in [-0.4, -0.2) is 30.1 Å². The van der Waals surface area contributed by atoms with E-state index in [0.29, 0.717) is 6.61 Å². The maximum Gasteiger partial charge on any atom is 0.123 e. The zero-order valence-corrected chi connectivity index (χ0v) is 18.0. The van der Waals surface area contributed by atoms with E-state index in [2.05, 4.69) is 60.6 Å². The fraction of sp³-hybridized carbons (Fsp3) is 0.375. The first kappa shape index (κ1) is 20.6. The maximum atomic E-state index is 5.64. The van der Waals surface area contributed by atoms with E-state index in [-0.39, 0.29) is 0 Å².